The molecule has 0 aliphatic carbocycles. The van der Waals surface area contributed by atoms with Gasteiger partial charge in [-0.15, -0.1) is 11.3 Å². The van der Waals surface area contributed by atoms with E-state index in [1.807, 2.05) is 7.05 Å². The van der Waals surface area contributed by atoms with Crippen LogP contribution in [0.3, 0.4) is 0 Å². The van der Waals surface area contributed by atoms with Crippen LogP contribution in [0.1, 0.15) is 31.6 Å². The lowest BCUT2D eigenvalue weighted by molar-refractivity contribution is 0.226. The Morgan fingerprint density at radius 1 is 1.43 bits per heavy atom. The standard InChI is InChI=1S/C14H23BrN2O2S2/c1-10(2)11-4-6-17(7-5-11)21(18,19)13-8-12(9-16-3)20-14(13)15/h8,10-11,16H,4-7,9H2,1-3H3. The number of piperidine rings is 1. The maximum absolute atomic E-state index is 12.8. The van der Waals surface area contributed by atoms with E-state index in [1.165, 1.54) is 11.3 Å². The minimum atomic E-state index is -3.37. The van der Waals surface area contributed by atoms with Crippen LogP contribution in [0.4, 0.5) is 0 Å². The molecule has 1 N–H and O–H groups in total. The first kappa shape index (κ1) is 17.4. The maximum Gasteiger partial charge on any atom is 0.245 e. The van der Waals surface area contributed by atoms with Gasteiger partial charge in [0, 0.05) is 24.5 Å². The third-order valence-electron chi connectivity index (χ3n) is 4.12. The summed E-state index contributed by atoms with van der Waals surface area (Å²) in [5.41, 5.74) is 0. The fourth-order valence-corrected chi connectivity index (χ4v) is 6.87. The summed E-state index contributed by atoms with van der Waals surface area (Å²) in [6.07, 6.45) is 1.92. The molecule has 1 aliphatic heterocycles. The molecular formula is C14H23BrN2O2S2. The zero-order valence-electron chi connectivity index (χ0n) is 12.7. The Morgan fingerprint density at radius 3 is 2.57 bits per heavy atom. The predicted molar refractivity (Wildman–Crippen MR) is 91.1 cm³/mol. The molecule has 2 heterocycles. The van der Waals surface area contributed by atoms with Crippen LogP contribution in [0.25, 0.3) is 0 Å². The van der Waals surface area contributed by atoms with Crippen molar-refractivity contribution in [3.63, 3.8) is 0 Å². The second kappa shape index (κ2) is 7.08. The van der Waals surface area contributed by atoms with Gasteiger partial charge in [-0.05, 0) is 53.7 Å². The zero-order chi connectivity index (χ0) is 15.6. The number of thiophene rings is 1. The normalized spacial score (nSPS) is 18.5. The van der Waals surface area contributed by atoms with Crippen molar-refractivity contribution < 1.29 is 8.42 Å². The van der Waals surface area contributed by atoms with Gasteiger partial charge in [-0.2, -0.15) is 4.31 Å². The summed E-state index contributed by atoms with van der Waals surface area (Å²) < 4.78 is 27.9. The highest BCUT2D eigenvalue weighted by Gasteiger charge is 2.32. The zero-order valence-corrected chi connectivity index (χ0v) is 15.9. The van der Waals surface area contributed by atoms with E-state index in [0.717, 1.165) is 17.7 Å². The summed E-state index contributed by atoms with van der Waals surface area (Å²) in [7, 11) is -1.51. The van der Waals surface area contributed by atoms with Gasteiger partial charge in [0.05, 0.1) is 3.79 Å². The molecule has 1 fully saturated rings. The summed E-state index contributed by atoms with van der Waals surface area (Å²) in [5.74, 6) is 1.27. The van der Waals surface area contributed by atoms with Gasteiger partial charge in [0.2, 0.25) is 10.0 Å². The van der Waals surface area contributed by atoms with Gasteiger partial charge < -0.3 is 5.32 Å². The largest absolute Gasteiger partial charge is 0.315 e. The van der Waals surface area contributed by atoms with Crippen LogP contribution in [0, 0.1) is 11.8 Å². The van der Waals surface area contributed by atoms with Crippen molar-refractivity contribution in [2.24, 2.45) is 11.8 Å². The van der Waals surface area contributed by atoms with Gasteiger partial charge in [-0.3, -0.25) is 0 Å². The molecule has 0 atom stereocenters. The molecule has 0 amide bonds. The van der Waals surface area contributed by atoms with Crippen LogP contribution >= 0.6 is 27.3 Å². The average Bonchev–Trinajstić information content (AvgIpc) is 2.81. The summed E-state index contributed by atoms with van der Waals surface area (Å²) in [6, 6.07) is 1.79. The Labute approximate surface area is 140 Å². The number of sulfonamides is 1. The quantitative estimate of drug-likeness (QED) is 0.833. The molecule has 2 rings (SSSR count). The fraction of sp³-hybridized carbons (Fsp3) is 0.714. The molecule has 0 bridgehead atoms. The Hall–Kier alpha value is 0.0500. The van der Waals surface area contributed by atoms with Crippen molar-refractivity contribution in [2.75, 3.05) is 20.1 Å². The van der Waals surface area contributed by atoms with Crippen molar-refractivity contribution in [2.45, 2.75) is 38.1 Å². The summed E-state index contributed by atoms with van der Waals surface area (Å²) in [6.45, 7) is 6.39. The van der Waals surface area contributed by atoms with E-state index in [1.54, 1.807) is 10.4 Å². The lowest BCUT2D eigenvalue weighted by atomic mass is 9.87. The number of nitrogens with one attached hydrogen (secondary N) is 1. The van der Waals surface area contributed by atoms with E-state index >= 15 is 0 Å². The van der Waals surface area contributed by atoms with Crippen LogP contribution in [-0.2, 0) is 16.6 Å². The molecular weight excluding hydrogens is 372 g/mol. The Bertz CT molecular complexity index is 576. The molecule has 1 aromatic heterocycles. The minimum absolute atomic E-state index is 0.417. The van der Waals surface area contributed by atoms with E-state index < -0.39 is 10.0 Å². The highest BCUT2D eigenvalue weighted by atomic mass is 79.9. The third kappa shape index (κ3) is 3.88. The maximum atomic E-state index is 12.8. The first-order valence-corrected chi connectivity index (χ1v) is 10.3. The highest BCUT2D eigenvalue weighted by Crippen LogP contribution is 2.35. The number of rotatable bonds is 5. The first-order valence-electron chi connectivity index (χ1n) is 7.29. The van der Waals surface area contributed by atoms with E-state index in [9.17, 15) is 8.42 Å². The van der Waals surface area contributed by atoms with Gasteiger partial charge in [0.25, 0.3) is 0 Å². The topological polar surface area (TPSA) is 49.4 Å². The molecule has 4 nitrogen and oxygen atoms in total. The lowest BCUT2D eigenvalue weighted by Crippen LogP contribution is -2.39. The molecule has 21 heavy (non-hydrogen) atoms. The smallest absolute Gasteiger partial charge is 0.245 e. The average molecular weight is 395 g/mol. The fourth-order valence-electron chi connectivity index (χ4n) is 2.76. The second-order valence-electron chi connectivity index (χ2n) is 5.87. The molecule has 0 radical (unpaired) electrons. The molecule has 7 heteroatoms. The van der Waals surface area contributed by atoms with Gasteiger partial charge in [-0.1, -0.05) is 13.8 Å². The van der Waals surface area contributed by atoms with Crippen molar-refractivity contribution in [1.82, 2.24) is 9.62 Å². The number of hydrogen-bond donors (Lipinski definition) is 1. The molecule has 0 saturated carbocycles. The van der Waals surface area contributed by atoms with E-state index in [4.69, 9.17) is 0 Å². The summed E-state index contributed by atoms with van der Waals surface area (Å²) in [4.78, 5) is 1.45. The molecule has 0 aromatic carbocycles. The highest BCUT2D eigenvalue weighted by molar-refractivity contribution is 9.11. The van der Waals surface area contributed by atoms with E-state index in [-0.39, 0.29) is 0 Å². The van der Waals surface area contributed by atoms with Crippen LogP contribution in [0.2, 0.25) is 0 Å². The monoisotopic (exact) mass is 394 g/mol. The third-order valence-corrected chi connectivity index (χ3v) is 8.27. The van der Waals surface area contributed by atoms with E-state index in [0.29, 0.717) is 40.2 Å². The van der Waals surface area contributed by atoms with Gasteiger partial charge in [0.15, 0.2) is 0 Å². The molecule has 1 aliphatic rings. The van der Waals surface area contributed by atoms with E-state index in [2.05, 4.69) is 35.1 Å². The SMILES string of the molecule is CNCc1cc(S(=O)(=O)N2CCC(C(C)C)CC2)c(Br)s1. The van der Waals surface area contributed by atoms with Crippen molar-refractivity contribution >= 4 is 37.3 Å². The number of halogens is 1. The molecule has 0 unspecified atom stereocenters. The van der Waals surface area contributed by atoms with Crippen LogP contribution in [-0.4, -0.2) is 32.9 Å². The Balaban J connectivity index is 2.15. The molecule has 1 aromatic rings. The lowest BCUT2D eigenvalue weighted by Gasteiger charge is -2.32. The Morgan fingerprint density at radius 2 is 2.05 bits per heavy atom. The van der Waals surface area contributed by atoms with Crippen LogP contribution in [0.5, 0.6) is 0 Å². The minimum Gasteiger partial charge on any atom is -0.315 e. The summed E-state index contributed by atoms with van der Waals surface area (Å²) >= 11 is 4.89. The molecule has 120 valence electrons. The predicted octanol–water partition coefficient (Wildman–Crippen LogP) is 3.29. The Kier molecular flexibility index (Phi) is 5.87. The second-order valence-corrected chi connectivity index (χ2v) is 10.2. The van der Waals surface area contributed by atoms with Gasteiger partial charge in [-0.25, -0.2) is 8.42 Å². The summed E-state index contributed by atoms with van der Waals surface area (Å²) in [5, 5.41) is 3.05. The van der Waals surface area contributed by atoms with Gasteiger partial charge >= 0.3 is 0 Å². The van der Waals surface area contributed by atoms with Crippen molar-refractivity contribution in [3.8, 4) is 0 Å². The molecule has 0 spiro atoms. The molecule has 1 saturated heterocycles. The van der Waals surface area contributed by atoms with Crippen LogP contribution in [0.15, 0.2) is 14.7 Å². The van der Waals surface area contributed by atoms with Crippen molar-refractivity contribution in [1.29, 1.82) is 0 Å². The van der Waals surface area contributed by atoms with Gasteiger partial charge in [0.1, 0.15) is 4.90 Å². The first-order chi connectivity index (χ1) is 9.86. The van der Waals surface area contributed by atoms with Crippen molar-refractivity contribution in [3.05, 3.63) is 14.7 Å². The number of nitrogens with zero attached hydrogens (tertiary/aromatic N) is 1. The van der Waals surface area contributed by atoms with Crippen LogP contribution < -0.4 is 5.32 Å². The number of hydrogen-bond acceptors (Lipinski definition) is 4.